The summed E-state index contributed by atoms with van der Waals surface area (Å²) in [5.41, 5.74) is 4.16. The number of halogens is 2. The van der Waals surface area contributed by atoms with Gasteiger partial charge in [-0.25, -0.2) is 0 Å². The van der Waals surface area contributed by atoms with Gasteiger partial charge in [-0.3, -0.25) is 9.79 Å². The number of aliphatic imine (C=N–C) groups is 1. The smallest absolute Gasteiger partial charge is 0.144 e. The number of fused-ring (bicyclic) bond motifs is 2. The maximum Gasteiger partial charge on any atom is 0.144 e. The summed E-state index contributed by atoms with van der Waals surface area (Å²) in [6, 6.07) is 20.9. The van der Waals surface area contributed by atoms with E-state index in [0.717, 1.165) is 29.1 Å². The minimum atomic E-state index is -0.438. The van der Waals surface area contributed by atoms with Crippen molar-refractivity contribution in [2.45, 2.75) is 39.3 Å². The van der Waals surface area contributed by atoms with Crippen molar-refractivity contribution in [3.8, 4) is 5.75 Å². The van der Waals surface area contributed by atoms with Crippen LogP contribution >= 0.6 is 23.2 Å². The molecule has 0 spiro atoms. The lowest BCUT2D eigenvalue weighted by Crippen LogP contribution is -2.42. The summed E-state index contributed by atoms with van der Waals surface area (Å²) in [6.07, 6.45) is 1.22. The Morgan fingerprint density at radius 3 is 2.41 bits per heavy atom. The summed E-state index contributed by atoms with van der Waals surface area (Å²) in [4.78, 5) is 18.4. The van der Waals surface area contributed by atoms with Gasteiger partial charge in [-0.2, -0.15) is 0 Å². The highest BCUT2D eigenvalue weighted by molar-refractivity contribution is 6.36. The van der Waals surface area contributed by atoms with Gasteiger partial charge in [0, 0.05) is 17.7 Å². The van der Waals surface area contributed by atoms with Gasteiger partial charge in [0.2, 0.25) is 0 Å². The molecule has 0 amide bonds. The van der Waals surface area contributed by atoms with Gasteiger partial charge in [-0.1, -0.05) is 79.5 Å². The van der Waals surface area contributed by atoms with Crippen LogP contribution in [0.5, 0.6) is 5.75 Å². The van der Waals surface area contributed by atoms with E-state index >= 15 is 0 Å². The first-order valence-corrected chi connectivity index (χ1v) is 12.2. The van der Waals surface area contributed by atoms with Crippen LogP contribution in [0.25, 0.3) is 0 Å². The van der Waals surface area contributed by atoms with Gasteiger partial charge in [0.15, 0.2) is 0 Å². The van der Waals surface area contributed by atoms with Gasteiger partial charge in [0.25, 0.3) is 0 Å². The number of carbonyl (C=O) groups excluding carboxylic acids is 1. The quantitative estimate of drug-likeness (QED) is 0.403. The molecule has 174 valence electrons. The van der Waals surface area contributed by atoms with E-state index in [1.807, 2.05) is 54.6 Å². The number of hydrogen-bond acceptors (Lipinski definition) is 4. The van der Waals surface area contributed by atoms with Crippen molar-refractivity contribution in [1.29, 1.82) is 0 Å². The molecular weight excluding hydrogens is 467 g/mol. The van der Waals surface area contributed by atoms with Crippen molar-refractivity contribution in [3.63, 3.8) is 0 Å². The number of Topliss-reactive ketones (excluding diaryl/α,β-unsaturated/α-hetero) is 1. The number of rotatable bonds is 4. The fourth-order valence-corrected chi connectivity index (χ4v) is 5.64. The molecule has 1 heterocycles. The van der Waals surface area contributed by atoms with Crippen LogP contribution in [0.4, 0.5) is 11.4 Å². The van der Waals surface area contributed by atoms with Crippen molar-refractivity contribution in [3.05, 3.63) is 87.9 Å². The summed E-state index contributed by atoms with van der Waals surface area (Å²) >= 11 is 13.6. The van der Waals surface area contributed by atoms with Crippen molar-refractivity contribution in [2.75, 3.05) is 5.32 Å². The normalized spacial score (nSPS) is 20.9. The largest absolute Gasteiger partial charge is 0.489 e. The molecule has 5 rings (SSSR count). The Labute approximate surface area is 210 Å². The fourth-order valence-electron chi connectivity index (χ4n) is 4.94. The van der Waals surface area contributed by atoms with Crippen LogP contribution in [0.2, 0.25) is 10.0 Å². The predicted octanol–water partition coefficient (Wildman–Crippen LogP) is 7.82. The highest BCUT2D eigenvalue weighted by atomic mass is 35.5. The van der Waals surface area contributed by atoms with E-state index in [1.165, 1.54) is 0 Å². The first-order chi connectivity index (χ1) is 16.3. The number of hydrogen-bond donors (Lipinski definition) is 1. The minimum absolute atomic E-state index is 0.140. The van der Waals surface area contributed by atoms with E-state index in [1.54, 1.807) is 12.1 Å². The van der Waals surface area contributed by atoms with Crippen molar-refractivity contribution in [2.24, 2.45) is 16.3 Å². The Morgan fingerprint density at radius 1 is 1.00 bits per heavy atom. The van der Waals surface area contributed by atoms with Gasteiger partial charge < -0.3 is 10.1 Å². The number of nitrogens with one attached hydrogen (secondary N) is 1. The Morgan fingerprint density at radius 2 is 1.68 bits per heavy atom. The number of carbonyl (C=O) groups is 1. The van der Waals surface area contributed by atoms with Crippen LogP contribution in [0.1, 0.15) is 43.9 Å². The van der Waals surface area contributed by atoms with Crippen molar-refractivity contribution < 1.29 is 9.53 Å². The summed E-state index contributed by atoms with van der Waals surface area (Å²) in [5.74, 6) is 0.296. The van der Waals surface area contributed by atoms with Crippen LogP contribution < -0.4 is 10.1 Å². The molecular formula is C28H26Cl2N2O2. The Kier molecular flexibility index (Phi) is 6.13. The van der Waals surface area contributed by atoms with Crippen LogP contribution in [0.3, 0.4) is 0 Å². The molecule has 6 heteroatoms. The molecule has 0 radical (unpaired) electrons. The maximum atomic E-state index is 13.4. The Hall–Kier alpha value is -2.82. The first kappa shape index (κ1) is 22.9. The number of anilines is 1. The van der Waals surface area contributed by atoms with E-state index in [2.05, 4.69) is 19.2 Å². The second-order valence-corrected chi connectivity index (χ2v) is 10.6. The van der Waals surface area contributed by atoms with E-state index in [0.29, 0.717) is 34.4 Å². The second kappa shape index (κ2) is 9.09. The molecule has 1 fully saturated rings. The third-order valence-corrected chi connectivity index (χ3v) is 7.07. The molecule has 0 aromatic heterocycles. The molecule has 3 aromatic rings. The van der Waals surface area contributed by atoms with Crippen LogP contribution in [-0.2, 0) is 11.4 Å². The minimum Gasteiger partial charge on any atom is -0.489 e. The number of ether oxygens (including phenoxy) is 1. The Bertz CT molecular complexity index is 1250. The molecule has 4 nitrogen and oxygen atoms in total. The standard InChI is InChI=1S/C28H26Cl2N2O2/c1-28(2)14-23-26(24(33)15-28)27(32-22-11-7-6-10-21(22)31-23)25-19(29)12-18(13-20(25)30)34-16-17-8-4-3-5-9-17/h3-13,26-27,32H,14-16H2,1-2H3. The molecule has 2 unspecified atom stereocenters. The molecule has 1 saturated carbocycles. The molecule has 34 heavy (non-hydrogen) atoms. The van der Waals surface area contributed by atoms with Gasteiger partial charge in [-0.15, -0.1) is 0 Å². The average Bonchev–Trinajstić information content (AvgIpc) is 2.93. The Balaban J connectivity index is 1.53. The predicted molar refractivity (Wildman–Crippen MR) is 139 cm³/mol. The van der Waals surface area contributed by atoms with Crippen LogP contribution in [0.15, 0.2) is 71.7 Å². The van der Waals surface area contributed by atoms with E-state index in [9.17, 15) is 4.79 Å². The second-order valence-electron chi connectivity index (χ2n) is 9.78. The average molecular weight is 493 g/mol. The number of para-hydroxylation sites is 2. The first-order valence-electron chi connectivity index (χ1n) is 11.4. The zero-order valence-electron chi connectivity index (χ0n) is 19.1. The summed E-state index contributed by atoms with van der Waals surface area (Å²) < 4.78 is 5.95. The highest BCUT2D eigenvalue weighted by Gasteiger charge is 2.45. The molecule has 0 saturated heterocycles. The third kappa shape index (κ3) is 4.57. The van der Waals surface area contributed by atoms with Crippen molar-refractivity contribution >= 4 is 46.1 Å². The van der Waals surface area contributed by atoms with Gasteiger partial charge in [0.05, 0.1) is 33.4 Å². The third-order valence-electron chi connectivity index (χ3n) is 6.44. The number of benzene rings is 3. The molecule has 2 atom stereocenters. The lowest BCUT2D eigenvalue weighted by Gasteiger charge is -2.38. The van der Waals surface area contributed by atoms with Gasteiger partial charge in [-0.05, 0) is 41.7 Å². The molecule has 3 aromatic carbocycles. The highest BCUT2D eigenvalue weighted by Crippen LogP contribution is 2.48. The maximum absolute atomic E-state index is 13.4. The van der Waals surface area contributed by atoms with Gasteiger partial charge >= 0.3 is 0 Å². The SMILES string of the molecule is CC1(C)CC(=O)C2C(=Nc3ccccc3NC2c2c(Cl)cc(OCc3ccccc3)cc2Cl)C1. The number of ketones is 1. The number of nitrogens with zero attached hydrogens (tertiary/aromatic N) is 1. The molecule has 1 aliphatic heterocycles. The summed E-state index contributed by atoms with van der Waals surface area (Å²) in [7, 11) is 0. The molecule has 2 aliphatic rings. The van der Waals surface area contributed by atoms with Crippen LogP contribution in [0, 0.1) is 11.3 Å². The summed E-state index contributed by atoms with van der Waals surface area (Å²) in [6.45, 7) is 4.64. The zero-order chi connectivity index (χ0) is 23.9. The lowest BCUT2D eigenvalue weighted by molar-refractivity contribution is -0.124. The molecule has 1 aliphatic carbocycles. The lowest BCUT2D eigenvalue weighted by atomic mass is 9.68. The summed E-state index contributed by atoms with van der Waals surface area (Å²) in [5, 5.41) is 4.47. The van der Waals surface area contributed by atoms with E-state index in [-0.39, 0.29) is 11.2 Å². The molecule has 0 bridgehead atoms. The van der Waals surface area contributed by atoms with Crippen LogP contribution in [-0.4, -0.2) is 11.5 Å². The monoisotopic (exact) mass is 492 g/mol. The zero-order valence-corrected chi connectivity index (χ0v) is 20.7. The van der Waals surface area contributed by atoms with E-state index in [4.69, 9.17) is 32.9 Å². The molecule has 1 N–H and O–H groups in total. The van der Waals surface area contributed by atoms with Crippen molar-refractivity contribution in [1.82, 2.24) is 0 Å². The van der Waals surface area contributed by atoms with E-state index < -0.39 is 12.0 Å². The van der Waals surface area contributed by atoms with Gasteiger partial charge in [0.1, 0.15) is 18.1 Å². The fraction of sp³-hybridized carbons (Fsp3) is 0.286. The topological polar surface area (TPSA) is 50.7 Å².